The molecular weight excluding hydrogens is 377 g/mol. The van der Waals surface area contributed by atoms with Crippen LogP contribution in [0.4, 0.5) is 5.69 Å². The van der Waals surface area contributed by atoms with Crippen LogP contribution in [-0.4, -0.2) is 54.3 Å². The molecule has 1 aromatic carbocycles. The van der Waals surface area contributed by atoms with Crippen LogP contribution in [0.1, 0.15) is 17.0 Å². The van der Waals surface area contributed by atoms with E-state index < -0.39 is 0 Å². The number of benzene rings is 1. The molecule has 1 aliphatic heterocycles. The van der Waals surface area contributed by atoms with Crippen molar-refractivity contribution in [3.05, 3.63) is 52.4 Å². The summed E-state index contributed by atoms with van der Waals surface area (Å²) in [4.78, 5) is 28.2. The Balaban J connectivity index is 1.41. The number of hydrogen-bond acceptors (Lipinski definition) is 4. The molecule has 6 nitrogen and oxygen atoms in total. The van der Waals surface area contributed by atoms with E-state index in [1.165, 1.54) is 6.26 Å². The maximum Gasteiger partial charge on any atom is 0.289 e. The van der Waals surface area contributed by atoms with Crippen molar-refractivity contribution in [1.82, 2.24) is 9.80 Å². The van der Waals surface area contributed by atoms with Gasteiger partial charge in [0.15, 0.2) is 5.76 Å². The Morgan fingerprint density at radius 3 is 2.50 bits per heavy atom. The summed E-state index contributed by atoms with van der Waals surface area (Å²) >= 11 is 11.8. The molecule has 0 aliphatic carbocycles. The number of anilines is 1. The lowest BCUT2D eigenvalue weighted by atomic mass is 10.2. The standard InChI is InChI=1S/C18H19Cl2N3O3/c19-14-4-3-13(12-15(14)20)21-17(24)5-6-22-7-9-23(10-8-22)18(25)16-2-1-11-26-16/h1-4,11-12H,5-10H2,(H,21,24). The summed E-state index contributed by atoms with van der Waals surface area (Å²) in [6, 6.07) is 8.36. The number of hydrogen-bond donors (Lipinski definition) is 1. The lowest BCUT2D eigenvalue weighted by Gasteiger charge is -2.34. The van der Waals surface area contributed by atoms with Gasteiger partial charge in [-0.1, -0.05) is 23.2 Å². The predicted octanol–water partition coefficient (Wildman–Crippen LogP) is 3.37. The van der Waals surface area contributed by atoms with Gasteiger partial charge in [-0.2, -0.15) is 0 Å². The Hall–Kier alpha value is -2.02. The summed E-state index contributed by atoms with van der Waals surface area (Å²) in [6.45, 7) is 3.33. The zero-order chi connectivity index (χ0) is 18.5. The highest BCUT2D eigenvalue weighted by Crippen LogP contribution is 2.25. The van der Waals surface area contributed by atoms with Crippen LogP contribution in [0.2, 0.25) is 10.0 Å². The molecule has 2 amide bonds. The van der Waals surface area contributed by atoms with Crippen LogP contribution < -0.4 is 5.32 Å². The molecule has 0 spiro atoms. The van der Waals surface area contributed by atoms with E-state index in [0.717, 1.165) is 13.1 Å². The summed E-state index contributed by atoms with van der Waals surface area (Å²) in [7, 11) is 0. The van der Waals surface area contributed by atoms with Gasteiger partial charge in [0.1, 0.15) is 0 Å². The molecule has 8 heteroatoms. The summed E-state index contributed by atoms with van der Waals surface area (Å²) in [5.41, 5.74) is 0.623. The van der Waals surface area contributed by atoms with Gasteiger partial charge in [0, 0.05) is 44.8 Å². The van der Waals surface area contributed by atoms with E-state index in [4.69, 9.17) is 27.6 Å². The third-order valence-corrected chi connectivity index (χ3v) is 4.99. The zero-order valence-corrected chi connectivity index (χ0v) is 15.6. The van der Waals surface area contributed by atoms with Gasteiger partial charge < -0.3 is 14.6 Å². The first-order valence-corrected chi connectivity index (χ1v) is 9.08. The Labute approximate surface area is 161 Å². The van der Waals surface area contributed by atoms with Crippen LogP contribution >= 0.6 is 23.2 Å². The number of rotatable bonds is 5. The van der Waals surface area contributed by atoms with Gasteiger partial charge in [-0.05, 0) is 30.3 Å². The third kappa shape index (κ3) is 4.78. The highest BCUT2D eigenvalue weighted by Gasteiger charge is 2.23. The van der Waals surface area contributed by atoms with Crippen molar-refractivity contribution in [3.8, 4) is 0 Å². The van der Waals surface area contributed by atoms with E-state index in [-0.39, 0.29) is 11.8 Å². The molecule has 0 bridgehead atoms. The lowest BCUT2D eigenvalue weighted by molar-refractivity contribution is -0.116. The topological polar surface area (TPSA) is 65.8 Å². The quantitative estimate of drug-likeness (QED) is 0.842. The maximum absolute atomic E-state index is 12.2. The maximum atomic E-state index is 12.2. The Morgan fingerprint density at radius 1 is 1.08 bits per heavy atom. The van der Waals surface area contributed by atoms with E-state index in [1.54, 1.807) is 35.2 Å². The molecule has 1 aromatic heterocycles. The second kappa shape index (κ2) is 8.58. The minimum absolute atomic E-state index is 0.0857. The molecule has 1 saturated heterocycles. The third-order valence-electron chi connectivity index (χ3n) is 4.25. The van der Waals surface area contributed by atoms with Crippen LogP contribution in [0.3, 0.4) is 0 Å². The summed E-state index contributed by atoms with van der Waals surface area (Å²) < 4.78 is 5.15. The van der Waals surface area contributed by atoms with Crippen LogP contribution in [0, 0.1) is 0 Å². The van der Waals surface area contributed by atoms with Gasteiger partial charge >= 0.3 is 0 Å². The molecule has 0 radical (unpaired) electrons. The average Bonchev–Trinajstić information content (AvgIpc) is 3.18. The van der Waals surface area contributed by atoms with Crippen molar-refractivity contribution in [2.45, 2.75) is 6.42 Å². The fourth-order valence-electron chi connectivity index (χ4n) is 2.79. The highest BCUT2D eigenvalue weighted by atomic mass is 35.5. The summed E-state index contributed by atoms with van der Waals surface area (Å²) in [5, 5.41) is 3.66. The Bertz CT molecular complexity index is 772. The van der Waals surface area contributed by atoms with E-state index >= 15 is 0 Å². The number of carbonyl (C=O) groups excluding carboxylic acids is 2. The molecule has 2 aromatic rings. The van der Waals surface area contributed by atoms with Gasteiger partial charge in [-0.25, -0.2) is 0 Å². The first-order valence-electron chi connectivity index (χ1n) is 8.33. The van der Waals surface area contributed by atoms with Gasteiger partial charge in [0.05, 0.1) is 16.3 Å². The first-order chi connectivity index (χ1) is 12.5. The second-order valence-electron chi connectivity index (χ2n) is 6.04. The largest absolute Gasteiger partial charge is 0.459 e. The first kappa shape index (κ1) is 18.8. The summed E-state index contributed by atoms with van der Waals surface area (Å²) in [6.07, 6.45) is 1.86. The number of piperazine rings is 1. The number of nitrogens with one attached hydrogen (secondary N) is 1. The van der Waals surface area contributed by atoms with Crippen molar-refractivity contribution in [2.75, 3.05) is 38.0 Å². The Morgan fingerprint density at radius 2 is 1.85 bits per heavy atom. The SMILES string of the molecule is O=C(CCN1CCN(C(=O)c2ccco2)CC1)Nc1ccc(Cl)c(Cl)c1. The van der Waals surface area contributed by atoms with Crippen LogP contribution in [0.25, 0.3) is 0 Å². The monoisotopic (exact) mass is 395 g/mol. The molecule has 2 heterocycles. The number of furan rings is 1. The minimum Gasteiger partial charge on any atom is -0.459 e. The molecule has 26 heavy (non-hydrogen) atoms. The normalized spacial score (nSPS) is 15.1. The molecular formula is C18H19Cl2N3O3. The van der Waals surface area contributed by atoms with Crippen molar-refractivity contribution in [2.24, 2.45) is 0 Å². The van der Waals surface area contributed by atoms with Crippen molar-refractivity contribution in [1.29, 1.82) is 0 Å². The molecule has 1 fully saturated rings. The van der Waals surface area contributed by atoms with Crippen LogP contribution in [0.15, 0.2) is 41.0 Å². The fraction of sp³-hybridized carbons (Fsp3) is 0.333. The second-order valence-corrected chi connectivity index (χ2v) is 6.85. The molecule has 0 unspecified atom stereocenters. The number of carbonyl (C=O) groups is 2. The van der Waals surface area contributed by atoms with Gasteiger partial charge in [0.2, 0.25) is 5.91 Å². The average molecular weight is 396 g/mol. The van der Waals surface area contributed by atoms with E-state index in [9.17, 15) is 9.59 Å². The van der Waals surface area contributed by atoms with E-state index in [2.05, 4.69) is 10.2 Å². The van der Waals surface area contributed by atoms with Crippen molar-refractivity contribution >= 4 is 40.7 Å². The van der Waals surface area contributed by atoms with Crippen LogP contribution in [-0.2, 0) is 4.79 Å². The fourth-order valence-corrected chi connectivity index (χ4v) is 3.09. The molecule has 3 rings (SSSR count). The molecule has 1 aliphatic rings. The Kier molecular flexibility index (Phi) is 6.19. The highest BCUT2D eigenvalue weighted by molar-refractivity contribution is 6.42. The summed E-state index contributed by atoms with van der Waals surface area (Å²) in [5.74, 6) is 0.184. The number of halogens is 2. The van der Waals surface area contributed by atoms with Crippen molar-refractivity contribution < 1.29 is 14.0 Å². The predicted molar refractivity (Wildman–Crippen MR) is 101 cm³/mol. The number of amides is 2. The van der Waals surface area contributed by atoms with E-state index in [1.807, 2.05) is 0 Å². The lowest BCUT2D eigenvalue weighted by Crippen LogP contribution is -2.49. The van der Waals surface area contributed by atoms with Crippen molar-refractivity contribution in [3.63, 3.8) is 0 Å². The van der Waals surface area contributed by atoms with Gasteiger partial charge in [-0.3, -0.25) is 14.5 Å². The zero-order valence-electron chi connectivity index (χ0n) is 14.1. The van der Waals surface area contributed by atoms with E-state index in [0.29, 0.717) is 47.5 Å². The molecule has 138 valence electrons. The minimum atomic E-state index is -0.0907. The van der Waals surface area contributed by atoms with Crippen LogP contribution in [0.5, 0.6) is 0 Å². The molecule has 0 atom stereocenters. The van der Waals surface area contributed by atoms with Gasteiger partial charge in [-0.15, -0.1) is 0 Å². The number of nitrogens with zero attached hydrogens (tertiary/aromatic N) is 2. The molecule has 0 saturated carbocycles. The smallest absolute Gasteiger partial charge is 0.289 e. The van der Waals surface area contributed by atoms with Gasteiger partial charge in [0.25, 0.3) is 5.91 Å². The molecule has 1 N–H and O–H groups in total.